The lowest BCUT2D eigenvalue weighted by atomic mass is 10.1. The number of nitrogens with zero attached hydrogens (tertiary/aromatic N) is 1. The van der Waals surface area contributed by atoms with E-state index in [2.05, 4.69) is 15.8 Å². The average Bonchev–Trinajstić information content (AvgIpc) is 2.94. The molecule has 0 aliphatic carbocycles. The number of hydrogen-bond acceptors (Lipinski definition) is 4. The lowest BCUT2D eigenvalue weighted by molar-refractivity contribution is -0.136. The van der Waals surface area contributed by atoms with Gasteiger partial charge >= 0.3 is 11.8 Å². The molecule has 0 aliphatic heterocycles. The summed E-state index contributed by atoms with van der Waals surface area (Å²) in [6, 6.07) is 9.17. The molecular formula is C16H16ClN3O2S. The first-order valence-electron chi connectivity index (χ1n) is 6.85. The minimum Gasteiger partial charge on any atom is -0.317 e. The summed E-state index contributed by atoms with van der Waals surface area (Å²) in [5, 5.41) is 6.50. The van der Waals surface area contributed by atoms with E-state index in [0.29, 0.717) is 15.7 Å². The molecule has 1 aromatic carbocycles. The van der Waals surface area contributed by atoms with Crippen molar-refractivity contribution in [3.63, 3.8) is 0 Å². The van der Waals surface area contributed by atoms with Crippen molar-refractivity contribution in [3.8, 4) is 0 Å². The third-order valence-electron chi connectivity index (χ3n) is 3.10. The van der Waals surface area contributed by atoms with Crippen molar-refractivity contribution in [1.29, 1.82) is 0 Å². The van der Waals surface area contributed by atoms with Gasteiger partial charge < -0.3 is 5.32 Å². The summed E-state index contributed by atoms with van der Waals surface area (Å²) in [5.74, 6) is -1.59. The number of nitrogens with one attached hydrogen (secondary N) is 2. The molecule has 0 atom stereocenters. The first kappa shape index (κ1) is 17.2. The topological polar surface area (TPSA) is 70.6 Å². The van der Waals surface area contributed by atoms with E-state index in [1.54, 1.807) is 19.1 Å². The maximum absolute atomic E-state index is 11.9. The van der Waals surface area contributed by atoms with Gasteiger partial charge in [-0.25, -0.2) is 5.43 Å². The fraction of sp³-hybridized carbons (Fsp3) is 0.188. The Kier molecular flexibility index (Phi) is 5.52. The van der Waals surface area contributed by atoms with Gasteiger partial charge in [0.15, 0.2) is 0 Å². The number of anilines is 1. The van der Waals surface area contributed by atoms with E-state index in [1.165, 1.54) is 11.3 Å². The third-order valence-corrected chi connectivity index (χ3v) is 4.44. The molecule has 0 saturated heterocycles. The van der Waals surface area contributed by atoms with Crippen molar-refractivity contribution in [2.45, 2.75) is 20.8 Å². The van der Waals surface area contributed by atoms with Gasteiger partial charge in [0.2, 0.25) is 0 Å². The zero-order chi connectivity index (χ0) is 17.0. The van der Waals surface area contributed by atoms with Crippen LogP contribution in [0.2, 0.25) is 4.34 Å². The number of hydrazone groups is 1. The molecule has 2 amide bonds. The second-order valence-electron chi connectivity index (χ2n) is 5.01. The molecule has 0 radical (unpaired) electrons. The van der Waals surface area contributed by atoms with Gasteiger partial charge in [0, 0.05) is 5.69 Å². The molecule has 2 N–H and O–H groups in total. The van der Waals surface area contributed by atoms with Crippen molar-refractivity contribution >= 4 is 46.2 Å². The first-order chi connectivity index (χ1) is 10.9. The zero-order valence-corrected chi connectivity index (χ0v) is 14.5. The maximum Gasteiger partial charge on any atom is 0.329 e. The molecule has 5 nitrogen and oxygen atoms in total. The molecule has 2 aromatic rings. The number of carbonyl (C=O) groups is 2. The fourth-order valence-electron chi connectivity index (χ4n) is 1.80. The van der Waals surface area contributed by atoms with Gasteiger partial charge in [0.1, 0.15) is 0 Å². The number of amides is 2. The number of benzene rings is 1. The Morgan fingerprint density at radius 1 is 1.13 bits per heavy atom. The van der Waals surface area contributed by atoms with E-state index in [0.717, 1.165) is 16.0 Å². The van der Waals surface area contributed by atoms with Gasteiger partial charge in [-0.1, -0.05) is 23.7 Å². The molecule has 7 heteroatoms. The number of hydrogen-bond donors (Lipinski definition) is 2. The van der Waals surface area contributed by atoms with E-state index in [-0.39, 0.29) is 0 Å². The Labute approximate surface area is 143 Å². The van der Waals surface area contributed by atoms with Crippen molar-refractivity contribution in [3.05, 3.63) is 50.7 Å². The second-order valence-corrected chi connectivity index (χ2v) is 6.73. The minimum absolute atomic E-state index is 0.579. The van der Waals surface area contributed by atoms with E-state index in [1.807, 2.05) is 32.0 Å². The van der Waals surface area contributed by atoms with Crippen LogP contribution in [-0.2, 0) is 9.59 Å². The van der Waals surface area contributed by atoms with E-state index >= 15 is 0 Å². The Balaban J connectivity index is 2.00. The summed E-state index contributed by atoms with van der Waals surface area (Å²) in [6.45, 7) is 5.50. The lowest BCUT2D eigenvalue weighted by Gasteiger charge is -2.08. The molecular weight excluding hydrogens is 334 g/mol. The van der Waals surface area contributed by atoms with Crippen LogP contribution < -0.4 is 10.7 Å². The van der Waals surface area contributed by atoms with E-state index < -0.39 is 11.8 Å². The average molecular weight is 350 g/mol. The van der Waals surface area contributed by atoms with Crippen LogP contribution in [0.25, 0.3) is 0 Å². The summed E-state index contributed by atoms with van der Waals surface area (Å²) in [5.41, 5.74) is 5.31. The van der Waals surface area contributed by atoms with Crippen LogP contribution >= 0.6 is 22.9 Å². The minimum atomic E-state index is -0.826. The third kappa shape index (κ3) is 4.64. The van der Waals surface area contributed by atoms with Gasteiger partial charge in [0.25, 0.3) is 0 Å². The van der Waals surface area contributed by atoms with Crippen LogP contribution in [0, 0.1) is 13.8 Å². The molecule has 1 heterocycles. The SMILES string of the molecule is C/C(=N\NC(=O)C(=O)Nc1cc(C)ccc1C)c1ccc(Cl)s1. The first-order valence-corrected chi connectivity index (χ1v) is 8.05. The van der Waals surface area contributed by atoms with Crippen LogP contribution in [0.3, 0.4) is 0 Å². The number of thiophene rings is 1. The van der Waals surface area contributed by atoms with Crippen LogP contribution in [0.5, 0.6) is 0 Å². The number of aryl methyl sites for hydroxylation is 2. The van der Waals surface area contributed by atoms with Crippen molar-refractivity contribution in [2.75, 3.05) is 5.32 Å². The molecule has 1 aromatic heterocycles. The normalized spacial score (nSPS) is 11.2. The molecule has 0 saturated carbocycles. The van der Waals surface area contributed by atoms with Gasteiger partial charge in [-0.2, -0.15) is 5.10 Å². The summed E-state index contributed by atoms with van der Waals surface area (Å²) in [6.07, 6.45) is 0. The maximum atomic E-state index is 11.9. The standard InChI is InChI=1S/C16H16ClN3O2S/c1-9-4-5-10(2)12(8-9)18-15(21)16(22)20-19-11(3)13-6-7-14(17)23-13/h4-8H,1-3H3,(H,18,21)(H,20,22)/b19-11+. The van der Waals surface area contributed by atoms with Crippen LogP contribution in [-0.4, -0.2) is 17.5 Å². The zero-order valence-electron chi connectivity index (χ0n) is 12.9. The highest BCUT2D eigenvalue weighted by Crippen LogP contribution is 2.21. The second kappa shape index (κ2) is 7.39. The summed E-state index contributed by atoms with van der Waals surface area (Å²) < 4.78 is 0.633. The quantitative estimate of drug-likeness (QED) is 0.506. The monoisotopic (exact) mass is 349 g/mol. The predicted octanol–water partition coefficient (Wildman–Crippen LogP) is 3.50. The number of rotatable bonds is 3. The molecule has 0 bridgehead atoms. The van der Waals surface area contributed by atoms with Gasteiger partial charge in [-0.3, -0.25) is 9.59 Å². The Hall–Kier alpha value is -2.18. The van der Waals surface area contributed by atoms with Gasteiger partial charge in [-0.15, -0.1) is 11.3 Å². The molecule has 0 unspecified atom stereocenters. The molecule has 0 aliphatic rings. The molecule has 120 valence electrons. The number of halogens is 1. The van der Waals surface area contributed by atoms with Crippen molar-refractivity contribution in [2.24, 2.45) is 5.10 Å². The van der Waals surface area contributed by atoms with Gasteiger partial charge in [-0.05, 0) is 50.1 Å². The highest BCUT2D eigenvalue weighted by Gasteiger charge is 2.14. The van der Waals surface area contributed by atoms with Crippen molar-refractivity contribution < 1.29 is 9.59 Å². The Morgan fingerprint density at radius 3 is 2.52 bits per heavy atom. The summed E-state index contributed by atoms with van der Waals surface area (Å²) in [7, 11) is 0. The Bertz CT molecular complexity index is 783. The lowest BCUT2D eigenvalue weighted by Crippen LogP contribution is -2.33. The summed E-state index contributed by atoms with van der Waals surface area (Å²) >= 11 is 7.19. The molecule has 23 heavy (non-hydrogen) atoms. The molecule has 2 rings (SSSR count). The van der Waals surface area contributed by atoms with Crippen molar-refractivity contribution in [1.82, 2.24) is 5.43 Å². The van der Waals surface area contributed by atoms with E-state index in [4.69, 9.17) is 11.6 Å². The van der Waals surface area contributed by atoms with Crippen LogP contribution in [0.1, 0.15) is 22.9 Å². The largest absolute Gasteiger partial charge is 0.329 e. The van der Waals surface area contributed by atoms with Crippen LogP contribution in [0.15, 0.2) is 35.4 Å². The summed E-state index contributed by atoms with van der Waals surface area (Å²) in [4.78, 5) is 24.6. The Morgan fingerprint density at radius 2 is 1.87 bits per heavy atom. The highest BCUT2D eigenvalue weighted by molar-refractivity contribution is 7.18. The smallest absolute Gasteiger partial charge is 0.317 e. The number of carbonyl (C=O) groups excluding carboxylic acids is 2. The molecule has 0 fully saturated rings. The highest BCUT2D eigenvalue weighted by atomic mass is 35.5. The van der Waals surface area contributed by atoms with Gasteiger partial charge in [0.05, 0.1) is 14.9 Å². The fourth-order valence-corrected chi connectivity index (χ4v) is 2.79. The van der Waals surface area contributed by atoms with E-state index in [9.17, 15) is 9.59 Å². The predicted molar refractivity (Wildman–Crippen MR) is 94.2 cm³/mol. The molecule has 0 spiro atoms. The van der Waals surface area contributed by atoms with Crippen LogP contribution in [0.4, 0.5) is 5.69 Å².